The van der Waals surface area contributed by atoms with E-state index >= 15 is 0 Å². The van der Waals surface area contributed by atoms with E-state index in [2.05, 4.69) is 9.88 Å². The average Bonchev–Trinajstić information content (AvgIpc) is 2.84. The van der Waals surface area contributed by atoms with Crippen molar-refractivity contribution in [1.29, 1.82) is 0 Å². The molecule has 1 aliphatic rings. The lowest BCUT2D eigenvalue weighted by Crippen LogP contribution is -2.37. The van der Waals surface area contributed by atoms with Gasteiger partial charge >= 0.3 is 0 Å². The minimum absolute atomic E-state index is 0.221. The molecule has 1 fully saturated rings. The van der Waals surface area contributed by atoms with Crippen molar-refractivity contribution in [2.45, 2.75) is 19.1 Å². The number of rotatable bonds is 6. The summed E-state index contributed by atoms with van der Waals surface area (Å²) in [5.74, 6) is 0.953. The minimum atomic E-state index is -0.721. The first-order valence-electron chi connectivity index (χ1n) is 6.38. The number of imidazole rings is 1. The predicted octanol–water partition coefficient (Wildman–Crippen LogP) is -0.889. The number of hydrogen-bond donors (Lipinski definition) is 2. The summed E-state index contributed by atoms with van der Waals surface area (Å²) in [7, 11) is 0. The largest absolute Gasteiger partial charge is 0.394 e. The van der Waals surface area contributed by atoms with Crippen LogP contribution in [0.3, 0.4) is 0 Å². The molecule has 0 saturated carbocycles. The second kappa shape index (κ2) is 6.84. The number of nitrogens with zero attached hydrogens (tertiary/aromatic N) is 3. The Balaban J connectivity index is 1.83. The van der Waals surface area contributed by atoms with E-state index in [-0.39, 0.29) is 6.61 Å². The summed E-state index contributed by atoms with van der Waals surface area (Å²) in [5.41, 5.74) is 0. The maximum Gasteiger partial charge on any atom is 0.109 e. The molecule has 0 bridgehead atoms. The van der Waals surface area contributed by atoms with Crippen molar-refractivity contribution in [2.24, 2.45) is 0 Å². The van der Waals surface area contributed by atoms with Gasteiger partial charge in [-0.15, -0.1) is 0 Å². The minimum Gasteiger partial charge on any atom is -0.394 e. The maximum atomic E-state index is 9.45. The Morgan fingerprint density at radius 1 is 1.39 bits per heavy atom. The maximum absolute atomic E-state index is 9.45. The molecule has 0 aliphatic carbocycles. The quantitative estimate of drug-likeness (QED) is 0.690. The molecule has 6 heteroatoms. The van der Waals surface area contributed by atoms with E-state index in [9.17, 15) is 5.11 Å². The molecule has 0 aromatic carbocycles. The highest BCUT2D eigenvalue weighted by atomic mass is 16.5. The molecule has 1 aliphatic heterocycles. The lowest BCUT2D eigenvalue weighted by atomic mass is 10.3. The van der Waals surface area contributed by atoms with Crippen LogP contribution < -0.4 is 0 Å². The first-order valence-corrected chi connectivity index (χ1v) is 6.38. The molecule has 0 radical (unpaired) electrons. The molecule has 1 unspecified atom stereocenters. The number of aliphatic hydroxyl groups excluding tert-OH is 2. The zero-order valence-corrected chi connectivity index (χ0v) is 10.5. The van der Waals surface area contributed by atoms with E-state index in [0.717, 1.165) is 45.1 Å². The molecule has 1 aromatic rings. The van der Waals surface area contributed by atoms with Gasteiger partial charge in [-0.1, -0.05) is 0 Å². The van der Waals surface area contributed by atoms with Gasteiger partial charge < -0.3 is 19.5 Å². The molecule has 0 spiro atoms. The van der Waals surface area contributed by atoms with Gasteiger partial charge in [0.2, 0.25) is 0 Å². The topological polar surface area (TPSA) is 70.8 Å². The van der Waals surface area contributed by atoms with E-state index in [1.54, 1.807) is 6.20 Å². The van der Waals surface area contributed by atoms with Gasteiger partial charge in [-0.25, -0.2) is 4.98 Å². The normalized spacial score (nSPS) is 19.0. The average molecular weight is 255 g/mol. The highest BCUT2D eigenvalue weighted by molar-refractivity contribution is 4.94. The fourth-order valence-corrected chi connectivity index (χ4v) is 2.10. The molecule has 0 amide bonds. The second-order valence-corrected chi connectivity index (χ2v) is 4.54. The molecule has 6 nitrogen and oxygen atoms in total. The van der Waals surface area contributed by atoms with Crippen LogP contribution in [-0.4, -0.2) is 70.2 Å². The van der Waals surface area contributed by atoms with Crippen LogP contribution >= 0.6 is 0 Å². The predicted molar refractivity (Wildman–Crippen MR) is 66.3 cm³/mol. The summed E-state index contributed by atoms with van der Waals surface area (Å²) in [4.78, 5) is 6.65. The zero-order chi connectivity index (χ0) is 12.8. The fraction of sp³-hybridized carbons (Fsp3) is 0.750. The highest BCUT2D eigenvalue weighted by Gasteiger charge is 2.12. The Kier molecular flexibility index (Phi) is 5.12. The van der Waals surface area contributed by atoms with Gasteiger partial charge in [0.05, 0.1) is 32.5 Å². The van der Waals surface area contributed by atoms with Crippen molar-refractivity contribution < 1.29 is 14.9 Å². The molecule has 2 rings (SSSR count). The van der Waals surface area contributed by atoms with Gasteiger partial charge in [0.25, 0.3) is 0 Å². The third kappa shape index (κ3) is 3.78. The van der Waals surface area contributed by atoms with Gasteiger partial charge in [0.1, 0.15) is 5.82 Å². The van der Waals surface area contributed by atoms with Crippen molar-refractivity contribution in [2.75, 3.05) is 39.5 Å². The van der Waals surface area contributed by atoms with Crippen molar-refractivity contribution in [3.05, 3.63) is 18.2 Å². The molecule has 2 N–H and O–H groups in total. The van der Waals surface area contributed by atoms with Crippen LogP contribution in [0, 0.1) is 0 Å². The monoisotopic (exact) mass is 255 g/mol. The third-order valence-corrected chi connectivity index (χ3v) is 3.18. The van der Waals surface area contributed by atoms with Gasteiger partial charge in [0.15, 0.2) is 0 Å². The van der Waals surface area contributed by atoms with Crippen LogP contribution in [-0.2, 0) is 17.7 Å². The van der Waals surface area contributed by atoms with Crippen LogP contribution in [0.5, 0.6) is 0 Å². The number of hydrogen-bond acceptors (Lipinski definition) is 5. The van der Waals surface area contributed by atoms with Crippen LogP contribution in [0.25, 0.3) is 0 Å². The first-order chi connectivity index (χ1) is 8.79. The molecule has 1 aromatic heterocycles. The van der Waals surface area contributed by atoms with Crippen molar-refractivity contribution in [3.8, 4) is 0 Å². The van der Waals surface area contributed by atoms with Crippen molar-refractivity contribution in [3.63, 3.8) is 0 Å². The SMILES string of the molecule is OCC(O)Cn1ccnc1CCN1CCOCC1. The third-order valence-electron chi connectivity index (χ3n) is 3.18. The lowest BCUT2D eigenvalue weighted by molar-refractivity contribution is 0.0379. The van der Waals surface area contributed by atoms with Crippen LogP contribution in [0.1, 0.15) is 5.82 Å². The van der Waals surface area contributed by atoms with Crippen molar-refractivity contribution >= 4 is 0 Å². The summed E-state index contributed by atoms with van der Waals surface area (Å²) < 4.78 is 7.21. The molecular weight excluding hydrogens is 234 g/mol. The molecule has 18 heavy (non-hydrogen) atoms. The first kappa shape index (κ1) is 13.5. The number of ether oxygens (including phenoxy) is 1. The van der Waals surface area contributed by atoms with Crippen LogP contribution in [0.4, 0.5) is 0 Å². The summed E-state index contributed by atoms with van der Waals surface area (Å²) in [6, 6.07) is 0. The lowest BCUT2D eigenvalue weighted by Gasteiger charge is -2.26. The van der Waals surface area contributed by atoms with E-state index < -0.39 is 6.10 Å². The van der Waals surface area contributed by atoms with Crippen LogP contribution in [0.15, 0.2) is 12.4 Å². The Hall–Kier alpha value is -0.950. The fourth-order valence-electron chi connectivity index (χ4n) is 2.10. The van der Waals surface area contributed by atoms with Gasteiger partial charge in [-0.05, 0) is 0 Å². The summed E-state index contributed by atoms with van der Waals surface area (Å²) >= 11 is 0. The molecular formula is C12H21N3O3. The second-order valence-electron chi connectivity index (χ2n) is 4.54. The van der Waals surface area contributed by atoms with E-state index in [0.29, 0.717) is 6.54 Å². The summed E-state index contributed by atoms with van der Waals surface area (Å²) in [6.45, 7) is 4.68. The molecule has 1 atom stereocenters. The Bertz CT molecular complexity index is 350. The summed E-state index contributed by atoms with van der Waals surface area (Å²) in [6.07, 6.45) is 3.71. The van der Waals surface area contributed by atoms with E-state index in [1.807, 2.05) is 10.8 Å². The van der Waals surface area contributed by atoms with E-state index in [1.165, 1.54) is 0 Å². The smallest absolute Gasteiger partial charge is 0.109 e. The Labute approximate surface area is 107 Å². The molecule has 102 valence electrons. The van der Waals surface area contributed by atoms with Crippen molar-refractivity contribution in [1.82, 2.24) is 14.5 Å². The van der Waals surface area contributed by atoms with Gasteiger partial charge in [-0.2, -0.15) is 0 Å². The van der Waals surface area contributed by atoms with Gasteiger partial charge in [-0.3, -0.25) is 4.90 Å². The Morgan fingerprint density at radius 3 is 2.89 bits per heavy atom. The summed E-state index contributed by atoms with van der Waals surface area (Å²) in [5, 5.41) is 18.3. The highest BCUT2D eigenvalue weighted by Crippen LogP contribution is 2.04. The zero-order valence-electron chi connectivity index (χ0n) is 10.5. The van der Waals surface area contributed by atoms with Crippen LogP contribution in [0.2, 0.25) is 0 Å². The van der Waals surface area contributed by atoms with Gasteiger partial charge in [0, 0.05) is 38.4 Å². The Morgan fingerprint density at radius 2 is 2.17 bits per heavy atom. The standard InChI is InChI=1S/C12H21N3O3/c16-10-11(17)9-15-4-2-13-12(15)1-3-14-5-7-18-8-6-14/h2,4,11,16-17H,1,3,5-10H2. The molecule has 1 saturated heterocycles. The van der Waals surface area contributed by atoms with E-state index in [4.69, 9.17) is 9.84 Å². The number of aromatic nitrogens is 2. The molecule has 2 heterocycles. The number of aliphatic hydroxyl groups is 2. The number of morpholine rings is 1.